The van der Waals surface area contributed by atoms with Gasteiger partial charge in [-0.15, -0.1) is 0 Å². The van der Waals surface area contributed by atoms with E-state index in [1.54, 1.807) is 0 Å². The molecule has 5 heteroatoms. The van der Waals surface area contributed by atoms with Crippen molar-refractivity contribution < 1.29 is 14.3 Å². The maximum absolute atomic E-state index is 12.8. The third-order valence-corrected chi connectivity index (χ3v) is 5.36. The van der Waals surface area contributed by atoms with E-state index in [1.165, 1.54) is 5.56 Å². The van der Waals surface area contributed by atoms with Gasteiger partial charge in [0.1, 0.15) is 11.9 Å². The average molecular weight is 358 g/mol. The Morgan fingerprint density at radius 1 is 1.12 bits per heavy atom. The van der Waals surface area contributed by atoms with Crippen molar-refractivity contribution >= 4 is 11.8 Å². The number of piperidine rings is 1. The van der Waals surface area contributed by atoms with Crippen LogP contribution in [0.25, 0.3) is 0 Å². The third kappa shape index (κ3) is 4.19. The number of benzene rings is 1. The maximum Gasteiger partial charge on any atom is 0.227 e. The van der Waals surface area contributed by atoms with Gasteiger partial charge in [0.05, 0.1) is 5.92 Å². The Kier molecular flexibility index (Phi) is 5.26. The number of likely N-dealkylation sites (tertiary alicyclic amines) is 2. The van der Waals surface area contributed by atoms with Crippen LogP contribution >= 0.6 is 0 Å². The molecule has 2 saturated heterocycles. The van der Waals surface area contributed by atoms with Gasteiger partial charge in [0.15, 0.2) is 0 Å². The fourth-order valence-electron chi connectivity index (χ4n) is 3.78. The number of ether oxygens (including phenoxy) is 1. The van der Waals surface area contributed by atoms with Crippen molar-refractivity contribution in [3.8, 4) is 5.75 Å². The lowest BCUT2D eigenvalue weighted by molar-refractivity contribution is -0.137. The molecule has 0 N–H and O–H groups in total. The van der Waals surface area contributed by atoms with Gasteiger partial charge in [-0.3, -0.25) is 9.59 Å². The zero-order chi connectivity index (χ0) is 18.9. The lowest BCUT2D eigenvalue weighted by Crippen LogP contribution is -2.46. The van der Waals surface area contributed by atoms with Crippen molar-refractivity contribution in [2.75, 3.05) is 19.6 Å². The third-order valence-electron chi connectivity index (χ3n) is 5.36. The fraction of sp³-hybridized carbons (Fsp3) is 0.619. The Balaban J connectivity index is 1.51. The smallest absolute Gasteiger partial charge is 0.227 e. The van der Waals surface area contributed by atoms with E-state index in [0.717, 1.165) is 18.6 Å². The molecule has 0 saturated carbocycles. The molecule has 5 nitrogen and oxygen atoms in total. The van der Waals surface area contributed by atoms with Crippen molar-refractivity contribution in [1.82, 2.24) is 9.80 Å². The van der Waals surface area contributed by atoms with Gasteiger partial charge in [-0.1, -0.05) is 17.7 Å². The number of hydrogen-bond donors (Lipinski definition) is 0. The summed E-state index contributed by atoms with van der Waals surface area (Å²) in [6.07, 6.45) is 2.17. The molecule has 0 aromatic heterocycles. The monoisotopic (exact) mass is 358 g/mol. The molecular weight excluding hydrogens is 328 g/mol. The molecule has 1 aromatic carbocycles. The zero-order valence-electron chi connectivity index (χ0n) is 16.3. The van der Waals surface area contributed by atoms with Gasteiger partial charge >= 0.3 is 0 Å². The van der Waals surface area contributed by atoms with Gasteiger partial charge in [-0.2, -0.15) is 0 Å². The van der Waals surface area contributed by atoms with Crippen LogP contribution in [-0.2, 0) is 9.59 Å². The molecular formula is C21H30N2O3. The van der Waals surface area contributed by atoms with Crippen molar-refractivity contribution in [2.24, 2.45) is 5.92 Å². The lowest BCUT2D eigenvalue weighted by atomic mass is 10.0. The summed E-state index contributed by atoms with van der Waals surface area (Å²) in [5, 5.41) is 0. The summed E-state index contributed by atoms with van der Waals surface area (Å²) in [5.41, 5.74) is 0.995. The molecule has 3 rings (SSSR count). The van der Waals surface area contributed by atoms with E-state index < -0.39 is 0 Å². The van der Waals surface area contributed by atoms with Crippen LogP contribution in [0.5, 0.6) is 5.75 Å². The van der Waals surface area contributed by atoms with E-state index in [1.807, 2.05) is 54.8 Å². The molecule has 2 aliphatic heterocycles. The Hall–Kier alpha value is -2.04. The first-order chi connectivity index (χ1) is 12.2. The minimum Gasteiger partial charge on any atom is -0.490 e. The summed E-state index contributed by atoms with van der Waals surface area (Å²) < 4.78 is 6.04. The van der Waals surface area contributed by atoms with E-state index in [0.29, 0.717) is 26.1 Å². The number of carbonyl (C=O) groups is 2. The van der Waals surface area contributed by atoms with Gasteiger partial charge in [-0.25, -0.2) is 0 Å². The van der Waals surface area contributed by atoms with Gasteiger partial charge in [0.25, 0.3) is 0 Å². The summed E-state index contributed by atoms with van der Waals surface area (Å²) in [6, 6.07) is 8.09. The van der Waals surface area contributed by atoms with Crippen molar-refractivity contribution in [3.05, 3.63) is 29.8 Å². The number of amides is 2. The predicted molar refractivity (Wildman–Crippen MR) is 101 cm³/mol. The van der Waals surface area contributed by atoms with Crippen LogP contribution in [0, 0.1) is 12.8 Å². The SMILES string of the molecule is Cc1ccc(OC2CCN(C(=O)[C@H]3CC(=O)N(C(C)(C)C)C3)CC2)cc1. The molecule has 0 radical (unpaired) electrons. The highest BCUT2D eigenvalue weighted by Gasteiger charge is 2.41. The molecule has 0 bridgehead atoms. The Morgan fingerprint density at radius 2 is 1.73 bits per heavy atom. The normalized spacial score (nSPS) is 22.0. The van der Waals surface area contributed by atoms with Crippen LogP contribution in [0.3, 0.4) is 0 Å². The summed E-state index contributed by atoms with van der Waals surface area (Å²) in [6.45, 7) is 10.1. The molecule has 2 aliphatic rings. The van der Waals surface area contributed by atoms with Gasteiger partial charge in [0, 0.05) is 44.4 Å². The van der Waals surface area contributed by atoms with Crippen molar-refractivity contribution in [3.63, 3.8) is 0 Å². The Morgan fingerprint density at radius 3 is 2.27 bits per heavy atom. The number of carbonyl (C=O) groups excluding carboxylic acids is 2. The van der Waals surface area contributed by atoms with Crippen LogP contribution in [0.4, 0.5) is 0 Å². The fourth-order valence-corrected chi connectivity index (χ4v) is 3.78. The highest BCUT2D eigenvalue weighted by atomic mass is 16.5. The molecule has 0 aliphatic carbocycles. The van der Waals surface area contributed by atoms with Crippen LogP contribution in [0.1, 0.15) is 45.6 Å². The molecule has 142 valence electrons. The number of aryl methyl sites for hydroxylation is 1. The molecule has 1 atom stereocenters. The second-order valence-corrected chi connectivity index (χ2v) is 8.53. The van der Waals surface area contributed by atoms with Gasteiger partial charge in [-0.05, 0) is 39.8 Å². The minimum atomic E-state index is -0.221. The van der Waals surface area contributed by atoms with E-state index in [9.17, 15) is 9.59 Å². The molecule has 1 aromatic rings. The highest BCUT2D eigenvalue weighted by Crippen LogP contribution is 2.28. The van der Waals surface area contributed by atoms with E-state index in [4.69, 9.17) is 4.74 Å². The van der Waals surface area contributed by atoms with Crippen molar-refractivity contribution in [2.45, 2.75) is 58.6 Å². The van der Waals surface area contributed by atoms with Crippen LogP contribution in [0.2, 0.25) is 0 Å². The molecule has 2 amide bonds. The molecule has 26 heavy (non-hydrogen) atoms. The Bertz CT molecular complexity index is 655. The second kappa shape index (κ2) is 7.29. The summed E-state index contributed by atoms with van der Waals surface area (Å²) in [4.78, 5) is 28.8. The van der Waals surface area contributed by atoms with E-state index >= 15 is 0 Å². The van der Waals surface area contributed by atoms with Gasteiger partial charge in [0.2, 0.25) is 11.8 Å². The zero-order valence-corrected chi connectivity index (χ0v) is 16.3. The Labute approximate surface area is 156 Å². The first-order valence-electron chi connectivity index (χ1n) is 9.56. The van der Waals surface area contributed by atoms with Gasteiger partial charge < -0.3 is 14.5 Å². The number of nitrogens with zero attached hydrogens (tertiary/aromatic N) is 2. The van der Waals surface area contributed by atoms with Crippen LogP contribution in [0.15, 0.2) is 24.3 Å². The molecule has 2 heterocycles. The molecule has 0 unspecified atom stereocenters. The number of rotatable bonds is 3. The summed E-state index contributed by atoms with van der Waals surface area (Å²) >= 11 is 0. The molecule has 2 fully saturated rings. The lowest BCUT2D eigenvalue weighted by Gasteiger charge is -2.34. The average Bonchev–Trinajstić information content (AvgIpc) is 2.99. The molecule has 0 spiro atoms. The topological polar surface area (TPSA) is 49.9 Å². The first kappa shape index (κ1) is 18.7. The highest BCUT2D eigenvalue weighted by molar-refractivity contribution is 5.89. The standard InChI is InChI=1S/C21H30N2O3/c1-15-5-7-17(8-6-15)26-18-9-11-22(12-10-18)20(25)16-13-19(24)23(14-16)21(2,3)4/h5-8,16,18H,9-14H2,1-4H3/t16-/m0/s1. The minimum absolute atomic E-state index is 0.0911. The van der Waals surface area contributed by atoms with Crippen LogP contribution in [-0.4, -0.2) is 52.9 Å². The summed E-state index contributed by atoms with van der Waals surface area (Å²) in [5.74, 6) is 0.909. The number of hydrogen-bond acceptors (Lipinski definition) is 3. The first-order valence-corrected chi connectivity index (χ1v) is 9.56. The van der Waals surface area contributed by atoms with Crippen molar-refractivity contribution in [1.29, 1.82) is 0 Å². The van der Waals surface area contributed by atoms with E-state index in [2.05, 4.69) is 6.92 Å². The maximum atomic E-state index is 12.8. The predicted octanol–water partition coefficient (Wildman–Crippen LogP) is 3.01. The van der Waals surface area contributed by atoms with E-state index in [-0.39, 0.29) is 29.4 Å². The quantitative estimate of drug-likeness (QED) is 0.835. The largest absolute Gasteiger partial charge is 0.490 e. The van der Waals surface area contributed by atoms with Crippen LogP contribution < -0.4 is 4.74 Å². The summed E-state index contributed by atoms with van der Waals surface area (Å²) in [7, 11) is 0. The second-order valence-electron chi connectivity index (χ2n) is 8.53.